The van der Waals surface area contributed by atoms with Gasteiger partial charge in [-0.3, -0.25) is 19.1 Å². The highest BCUT2D eigenvalue weighted by Gasteiger charge is 2.22. The zero-order chi connectivity index (χ0) is 17.4. The highest BCUT2D eigenvalue weighted by molar-refractivity contribution is 7.20. The number of carbonyl (C=O) groups is 2. The lowest BCUT2D eigenvalue weighted by Crippen LogP contribution is -2.27. The molecular formula is C15H11N3O5S. The van der Waals surface area contributed by atoms with Crippen molar-refractivity contribution in [3.05, 3.63) is 45.2 Å². The summed E-state index contributed by atoms with van der Waals surface area (Å²) in [5.74, 6) is -2.27. The predicted octanol–water partition coefficient (Wildman–Crippen LogP) is 1.61. The second-order valence-corrected chi connectivity index (χ2v) is 5.98. The van der Waals surface area contributed by atoms with Crippen LogP contribution in [0.3, 0.4) is 0 Å². The summed E-state index contributed by atoms with van der Waals surface area (Å²) in [4.78, 5) is 43.9. The van der Waals surface area contributed by atoms with E-state index < -0.39 is 24.0 Å². The third-order valence-electron chi connectivity index (χ3n) is 3.43. The van der Waals surface area contributed by atoms with Crippen molar-refractivity contribution >= 4 is 33.5 Å². The first kappa shape index (κ1) is 15.8. The molecule has 0 aliphatic carbocycles. The smallest absolute Gasteiger partial charge is 0.346 e. The predicted molar refractivity (Wildman–Crippen MR) is 86.4 cm³/mol. The Morgan fingerprint density at radius 1 is 1.29 bits per heavy atom. The topological polar surface area (TPSA) is 122 Å². The van der Waals surface area contributed by atoms with E-state index >= 15 is 0 Å². The molecule has 3 rings (SSSR count). The molecule has 0 radical (unpaired) electrons. The van der Waals surface area contributed by atoms with E-state index in [1.165, 1.54) is 13.1 Å². The molecule has 2 N–H and O–H groups in total. The number of aromatic carboxylic acids is 1. The third-order valence-corrected chi connectivity index (χ3v) is 4.61. The molecule has 0 aliphatic heterocycles. The second kappa shape index (κ2) is 5.85. The van der Waals surface area contributed by atoms with Crippen LogP contribution < -0.4 is 5.56 Å². The van der Waals surface area contributed by atoms with Gasteiger partial charge in [0, 0.05) is 6.20 Å². The van der Waals surface area contributed by atoms with Crippen molar-refractivity contribution in [1.29, 1.82) is 0 Å². The summed E-state index contributed by atoms with van der Waals surface area (Å²) in [5.41, 5.74) is 0.0247. The second-order valence-electron chi connectivity index (χ2n) is 4.98. The van der Waals surface area contributed by atoms with Gasteiger partial charge in [0.2, 0.25) is 0 Å². The number of aromatic nitrogens is 3. The minimum Gasteiger partial charge on any atom is -0.480 e. The summed E-state index contributed by atoms with van der Waals surface area (Å²) < 4.78 is 0.998. The Bertz CT molecular complexity index is 1020. The SMILES string of the molecule is Cc1c(C(=O)O)sc2nc(-c3ccccn3)n(CC(=O)O)c(=O)c12. The first-order valence-corrected chi connectivity index (χ1v) is 7.62. The summed E-state index contributed by atoms with van der Waals surface area (Å²) in [6.45, 7) is 0.919. The van der Waals surface area contributed by atoms with Gasteiger partial charge in [-0.2, -0.15) is 0 Å². The molecule has 0 atom stereocenters. The van der Waals surface area contributed by atoms with E-state index in [0.29, 0.717) is 5.69 Å². The van der Waals surface area contributed by atoms with Gasteiger partial charge in [0.25, 0.3) is 5.56 Å². The molecule has 0 aromatic carbocycles. The Kier molecular flexibility index (Phi) is 3.86. The van der Waals surface area contributed by atoms with E-state index in [1.807, 2.05) is 0 Å². The van der Waals surface area contributed by atoms with Crippen molar-refractivity contribution in [2.45, 2.75) is 13.5 Å². The maximum Gasteiger partial charge on any atom is 0.346 e. The van der Waals surface area contributed by atoms with Gasteiger partial charge in [-0.1, -0.05) is 6.07 Å². The van der Waals surface area contributed by atoms with Gasteiger partial charge in [0.05, 0.1) is 5.39 Å². The van der Waals surface area contributed by atoms with Crippen LogP contribution in [-0.4, -0.2) is 36.7 Å². The number of carboxylic acids is 2. The first-order chi connectivity index (χ1) is 11.4. The summed E-state index contributed by atoms with van der Waals surface area (Å²) in [7, 11) is 0. The van der Waals surface area contributed by atoms with Crippen LogP contribution in [0.1, 0.15) is 15.2 Å². The number of hydrogen-bond donors (Lipinski definition) is 2. The molecule has 0 bridgehead atoms. The minimum absolute atomic E-state index is 0.00893. The number of carboxylic acid groups (broad SMARTS) is 2. The maximum atomic E-state index is 12.8. The average molecular weight is 345 g/mol. The summed E-state index contributed by atoms with van der Waals surface area (Å²) >= 11 is 0.883. The molecule has 122 valence electrons. The lowest BCUT2D eigenvalue weighted by atomic mass is 10.2. The number of hydrogen-bond acceptors (Lipinski definition) is 6. The van der Waals surface area contributed by atoms with E-state index in [0.717, 1.165) is 15.9 Å². The largest absolute Gasteiger partial charge is 0.480 e. The Labute approximate surface area is 138 Å². The lowest BCUT2D eigenvalue weighted by molar-refractivity contribution is -0.137. The molecule has 0 saturated carbocycles. The molecule has 24 heavy (non-hydrogen) atoms. The van der Waals surface area contributed by atoms with Gasteiger partial charge < -0.3 is 10.2 Å². The Hall–Kier alpha value is -3.07. The normalized spacial score (nSPS) is 10.9. The van der Waals surface area contributed by atoms with Crippen LogP contribution in [-0.2, 0) is 11.3 Å². The first-order valence-electron chi connectivity index (χ1n) is 6.80. The van der Waals surface area contributed by atoms with Crippen molar-refractivity contribution in [3.8, 4) is 11.5 Å². The Morgan fingerprint density at radius 3 is 2.62 bits per heavy atom. The number of pyridine rings is 1. The van der Waals surface area contributed by atoms with E-state index in [9.17, 15) is 19.5 Å². The Balaban J connectivity index is 2.40. The van der Waals surface area contributed by atoms with Crippen molar-refractivity contribution in [2.75, 3.05) is 0 Å². The molecule has 3 aromatic heterocycles. The Morgan fingerprint density at radius 2 is 2.04 bits per heavy atom. The summed E-state index contributed by atoms with van der Waals surface area (Å²) in [5, 5.41) is 18.4. The van der Waals surface area contributed by atoms with Crippen molar-refractivity contribution in [3.63, 3.8) is 0 Å². The summed E-state index contributed by atoms with van der Waals surface area (Å²) in [6, 6.07) is 4.97. The molecule has 0 saturated heterocycles. The number of aliphatic carboxylic acids is 1. The molecule has 8 nitrogen and oxygen atoms in total. The highest BCUT2D eigenvalue weighted by Crippen LogP contribution is 2.28. The van der Waals surface area contributed by atoms with Gasteiger partial charge in [-0.05, 0) is 24.6 Å². The van der Waals surface area contributed by atoms with Crippen LogP contribution in [0.25, 0.3) is 21.7 Å². The van der Waals surface area contributed by atoms with Gasteiger partial charge >= 0.3 is 11.9 Å². The van der Waals surface area contributed by atoms with Crippen LogP contribution in [0, 0.1) is 6.92 Å². The number of fused-ring (bicyclic) bond motifs is 1. The number of rotatable bonds is 4. The zero-order valence-electron chi connectivity index (χ0n) is 12.4. The minimum atomic E-state index is -1.21. The molecule has 0 unspecified atom stereocenters. The van der Waals surface area contributed by atoms with Crippen LogP contribution in [0.4, 0.5) is 0 Å². The third kappa shape index (κ3) is 2.54. The number of nitrogens with zero attached hydrogens (tertiary/aromatic N) is 3. The van der Waals surface area contributed by atoms with Gasteiger partial charge in [-0.15, -0.1) is 11.3 Å². The van der Waals surface area contributed by atoms with Gasteiger partial charge in [-0.25, -0.2) is 9.78 Å². The van der Waals surface area contributed by atoms with Crippen molar-refractivity contribution in [1.82, 2.24) is 14.5 Å². The lowest BCUT2D eigenvalue weighted by Gasteiger charge is -2.09. The fourth-order valence-electron chi connectivity index (χ4n) is 2.39. The number of thiophene rings is 1. The molecule has 0 aliphatic rings. The monoisotopic (exact) mass is 345 g/mol. The number of aryl methyl sites for hydroxylation is 1. The van der Waals surface area contributed by atoms with Crippen molar-refractivity contribution in [2.24, 2.45) is 0 Å². The van der Waals surface area contributed by atoms with Gasteiger partial charge in [0.1, 0.15) is 21.9 Å². The van der Waals surface area contributed by atoms with Crippen LogP contribution in [0.5, 0.6) is 0 Å². The average Bonchev–Trinajstić information content (AvgIpc) is 2.87. The molecular weight excluding hydrogens is 334 g/mol. The molecule has 0 amide bonds. The molecule has 0 spiro atoms. The van der Waals surface area contributed by atoms with Crippen LogP contribution in [0.2, 0.25) is 0 Å². The zero-order valence-corrected chi connectivity index (χ0v) is 13.2. The molecule has 0 fully saturated rings. The molecule has 3 heterocycles. The molecule has 9 heteroatoms. The highest BCUT2D eigenvalue weighted by atomic mass is 32.1. The quantitative estimate of drug-likeness (QED) is 0.736. The summed E-state index contributed by atoms with van der Waals surface area (Å²) in [6.07, 6.45) is 1.50. The van der Waals surface area contributed by atoms with Crippen LogP contribution in [0.15, 0.2) is 29.2 Å². The van der Waals surface area contributed by atoms with E-state index in [-0.39, 0.29) is 26.5 Å². The standard InChI is InChI=1S/C15H11N3O5S/c1-7-10-13(24-11(7)15(22)23)17-12(8-4-2-3-5-16-8)18(14(10)21)6-9(19)20/h2-5H,6H2,1H3,(H,19,20)(H,22,23). The van der Waals surface area contributed by atoms with Crippen LogP contribution >= 0.6 is 11.3 Å². The van der Waals surface area contributed by atoms with Gasteiger partial charge in [0.15, 0.2) is 5.82 Å². The van der Waals surface area contributed by atoms with Crippen molar-refractivity contribution < 1.29 is 19.8 Å². The molecule has 3 aromatic rings. The maximum absolute atomic E-state index is 12.8. The fourth-order valence-corrected chi connectivity index (χ4v) is 3.40. The van der Waals surface area contributed by atoms with E-state index in [4.69, 9.17) is 5.11 Å². The van der Waals surface area contributed by atoms with E-state index in [1.54, 1.807) is 18.2 Å². The van der Waals surface area contributed by atoms with E-state index in [2.05, 4.69) is 9.97 Å². The fraction of sp³-hybridized carbons (Fsp3) is 0.133.